The van der Waals surface area contributed by atoms with Gasteiger partial charge in [0, 0.05) is 12.1 Å². The van der Waals surface area contributed by atoms with E-state index in [0.717, 1.165) is 5.56 Å². The van der Waals surface area contributed by atoms with Crippen molar-refractivity contribution in [3.05, 3.63) is 77.4 Å². The van der Waals surface area contributed by atoms with Gasteiger partial charge in [0.2, 0.25) is 0 Å². The normalized spacial score (nSPS) is 17.2. The first kappa shape index (κ1) is 21.5. The van der Waals surface area contributed by atoms with Gasteiger partial charge in [-0.1, -0.05) is 30.3 Å². The standard InChI is InChI=1S/C21H16F5NO3/c22-15-8-14(9-16(23)10-15)18(21(24,25)26)11-19(28)27-17(12-30-20(27)29)7-6-13-4-2-1-3-5-13/h1-5,8-11,17H,6-7,12H2/b18-11+. The van der Waals surface area contributed by atoms with Crippen molar-refractivity contribution in [1.82, 2.24) is 4.90 Å². The molecule has 1 fully saturated rings. The number of hydrogen-bond donors (Lipinski definition) is 0. The smallest absolute Gasteiger partial charge is 0.417 e. The molecule has 1 atom stereocenters. The van der Waals surface area contributed by atoms with Gasteiger partial charge in [0.1, 0.15) is 18.2 Å². The zero-order chi connectivity index (χ0) is 21.9. The van der Waals surface area contributed by atoms with Crippen LogP contribution >= 0.6 is 0 Å². The molecule has 0 aliphatic carbocycles. The van der Waals surface area contributed by atoms with E-state index in [2.05, 4.69) is 0 Å². The Morgan fingerprint density at radius 2 is 1.73 bits per heavy atom. The van der Waals surface area contributed by atoms with E-state index in [-0.39, 0.29) is 19.1 Å². The summed E-state index contributed by atoms with van der Waals surface area (Å²) >= 11 is 0. The largest absolute Gasteiger partial charge is 0.447 e. The topological polar surface area (TPSA) is 46.6 Å². The third-order valence-corrected chi connectivity index (χ3v) is 4.55. The third-order valence-electron chi connectivity index (χ3n) is 4.55. The second kappa shape index (κ2) is 8.64. The first-order valence-corrected chi connectivity index (χ1v) is 8.94. The molecule has 1 aliphatic heterocycles. The van der Waals surface area contributed by atoms with Gasteiger partial charge in [0.05, 0.1) is 11.6 Å². The number of benzene rings is 2. The van der Waals surface area contributed by atoms with Crippen LogP contribution in [0.3, 0.4) is 0 Å². The summed E-state index contributed by atoms with van der Waals surface area (Å²) in [6.07, 6.45) is -5.24. The molecule has 0 spiro atoms. The number of ether oxygens (including phenoxy) is 1. The van der Waals surface area contributed by atoms with E-state index < -0.39 is 47.0 Å². The highest BCUT2D eigenvalue weighted by atomic mass is 19.4. The Labute approximate surface area is 168 Å². The fourth-order valence-corrected chi connectivity index (χ4v) is 3.15. The average Bonchev–Trinajstić information content (AvgIpc) is 3.04. The van der Waals surface area contributed by atoms with Gasteiger partial charge in [0.15, 0.2) is 0 Å². The molecule has 0 saturated carbocycles. The summed E-state index contributed by atoms with van der Waals surface area (Å²) in [4.78, 5) is 25.1. The van der Waals surface area contributed by atoms with Crippen LogP contribution in [0.25, 0.3) is 5.57 Å². The fraction of sp³-hybridized carbons (Fsp3) is 0.238. The molecule has 1 saturated heterocycles. The number of carbonyl (C=O) groups excluding carboxylic acids is 2. The minimum atomic E-state index is -5.08. The summed E-state index contributed by atoms with van der Waals surface area (Å²) in [7, 11) is 0. The van der Waals surface area contributed by atoms with Crippen molar-refractivity contribution in [1.29, 1.82) is 0 Å². The quantitative estimate of drug-likeness (QED) is 0.506. The Kier molecular flexibility index (Phi) is 6.19. The lowest BCUT2D eigenvalue weighted by molar-refractivity contribution is -0.124. The summed E-state index contributed by atoms with van der Waals surface area (Å²) in [5, 5.41) is 0. The van der Waals surface area contributed by atoms with Gasteiger partial charge in [-0.25, -0.2) is 18.5 Å². The van der Waals surface area contributed by atoms with E-state index in [1.54, 1.807) is 0 Å². The van der Waals surface area contributed by atoms with Gasteiger partial charge in [0.25, 0.3) is 5.91 Å². The van der Waals surface area contributed by atoms with Gasteiger partial charge < -0.3 is 4.74 Å². The molecular weight excluding hydrogens is 409 g/mol. The Balaban J connectivity index is 1.86. The number of carbonyl (C=O) groups is 2. The maximum atomic E-state index is 13.5. The molecule has 158 valence electrons. The van der Waals surface area contributed by atoms with Crippen LogP contribution < -0.4 is 0 Å². The highest BCUT2D eigenvalue weighted by molar-refractivity contribution is 6.04. The van der Waals surface area contributed by atoms with Crippen molar-refractivity contribution < 1.29 is 36.3 Å². The van der Waals surface area contributed by atoms with Crippen molar-refractivity contribution >= 4 is 17.6 Å². The number of allylic oxidation sites excluding steroid dienone is 1. The summed E-state index contributed by atoms with van der Waals surface area (Å²) in [5.74, 6) is -3.73. The summed E-state index contributed by atoms with van der Waals surface area (Å²) in [6.45, 7) is -0.152. The van der Waals surface area contributed by atoms with Crippen LogP contribution in [0, 0.1) is 11.6 Å². The first-order chi connectivity index (χ1) is 14.1. The molecule has 4 nitrogen and oxygen atoms in total. The van der Waals surface area contributed by atoms with Crippen molar-refractivity contribution in [2.45, 2.75) is 25.1 Å². The predicted molar refractivity (Wildman–Crippen MR) is 97.1 cm³/mol. The Bertz CT molecular complexity index is 952. The molecular formula is C21H16F5NO3. The first-order valence-electron chi connectivity index (χ1n) is 8.94. The van der Waals surface area contributed by atoms with Crippen LogP contribution in [0.4, 0.5) is 26.7 Å². The number of imide groups is 1. The molecule has 2 amide bonds. The second-order valence-corrected chi connectivity index (χ2v) is 6.68. The van der Waals surface area contributed by atoms with Crippen LogP contribution in [0.1, 0.15) is 17.5 Å². The van der Waals surface area contributed by atoms with Gasteiger partial charge in [-0.15, -0.1) is 0 Å². The van der Waals surface area contributed by atoms with Crippen LogP contribution in [0.15, 0.2) is 54.6 Å². The number of cyclic esters (lactones) is 1. The van der Waals surface area contributed by atoms with Crippen molar-refractivity contribution in [2.75, 3.05) is 6.61 Å². The van der Waals surface area contributed by atoms with Crippen LogP contribution in [-0.2, 0) is 16.0 Å². The monoisotopic (exact) mass is 425 g/mol. The zero-order valence-corrected chi connectivity index (χ0v) is 15.5. The lowest BCUT2D eigenvalue weighted by Gasteiger charge is -2.19. The van der Waals surface area contributed by atoms with E-state index in [0.29, 0.717) is 29.5 Å². The fourth-order valence-electron chi connectivity index (χ4n) is 3.15. The lowest BCUT2D eigenvalue weighted by atomic mass is 10.0. The number of amides is 2. The predicted octanol–water partition coefficient (Wildman–Crippen LogP) is 4.89. The molecule has 3 rings (SSSR count). The van der Waals surface area contributed by atoms with Crippen LogP contribution in [0.5, 0.6) is 0 Å². The minimum absolute atomic E-state index is 0.152. The van der Waals surface area contributed by atoms with E-state index in [4.69, 9.17) is 4.74 Å². The molecule has 0 radical (unpaired) electrons. The number of hydrogen-bond acceptors (Lipinski definition) is 3. The van der Waals surface area contributed by atoms with Crippen molar-refractivity contribution in [3.8, 4) is 0 Å². The van der Waals surface area contributed by atoms with E-state index in [1.807, 2.05) is 30.3 Å². The van der Waals surface area contributed by atoms with Crippen molar-refractivity contribution in [3.63, 3.8) is 0 Å². The molecule has 1 heterocycles. The molecule has 1 unspecified atom stereocenters. The number of alkyl halides is 3. The average molecular weight is 425 g/mol. The molecule has 2 aromatic carbocycles. The second-order valence-electron chi connectivity index (χ2n) is 6.68. The molecule has 2 aromatic rings. The van der Waals surface area contributed by atoms with Crippen molar-refractivity contribution in [2.24, 2.45) is 0 Å². The van der Waals surface area contributed by atoms with Gasteiger partial charge in [-0.2, -0.15) is 13.2 Å². The Hall–Kier alpha value is -3.23. The SMILES string of the molecule is O=C(/C=C(\c1cc(F)cc(F)c1)C(F)(F)F)N1C(=O)OCC1CCc1ccccc1. The lowest BCUT2D eigenvalue weighted by Crippen LogP contribution is -2.38. The zero-order valence-electron chi connectivity index (χ0n) is 15.5. The van der Waals surface area contributed by atoms with Crippen LogP contribution in [-0.4, -0.2) is 35.7 Å². The number of nitrogens with zero attached hydrogens (tertiary/aromatic N) is 1. The molecule has 0 bridgehead atoms. The molecule has 9 heteroatoms. The minimum Gasteiger partial charge on any atom is -0.447 e. The molecule has 0 aromatic heterocycles. The summed E-state index contributed by atoms with van der Waals surface area (Å²) in [6, 6.07) is 9.69. The third kappa shape index (κ3) is 5.03. The van der Waals surface area contributed by atoms with E-state index in [9.17, 15) is 31.5 Å². The van der Waals surface area contributed by atoms with Gasteiger partial charge >= 0.3 is 12.3 Å². The highest BCUT2D eigenvalue weighted by Gasteiger charge is 2.40. The molecule has 1 aliphatic rings. The Morgan fingerprint density at radius 3 is 2.33 bits per heavy atom. The molecule has 0 N–H and O–H groups in total. The van der Waals surface area contributed by atoms with E-state index >= 15 is 0 Å². The van der Waals surface area contributed by atoms with E-state index in [1.165, 1.54) is 0 Å². The summed E-state index contributed by atoms with van der Waals surface area (Å²) in [5.41, 5.74) is -1.50. The Morgan fingerprint density at radius 1 is 1.10 bits per heavy atom. The maximum absolute atomic E-state index is 13.5. The summed E-state index contributed by atoms with van der Waals surface area (Å²) < 4.78 is 72.1. The maximum Gasteiger partial charge on any atom is 0.417 e. The highest BCUT2D eigenvalue weighted by Crippen LogP contribution is 2.35. The number of halogens is 5. The number of aryl methyl sites for hydroxylation is 1. The number of rotatable bonds is 5. The van der Waals surface area contributed by atoms with Crippen LogP contribution in [0.2, 0.25) is 0 Å². The molecule has 30 heavy (non-hydrogen) atoms. The van der Waals surface area contributed by atoms with Gasteiger partial charge in [-0.05, 0) is 36.1 Å². The van der Waals surface area contributed by atoms with Gasteiger partial charge in [-0.3, -0.25) is 4.79 Å².